The lowest BCUT2D eigenvalue weighted by atomic mass is 10.5. The number of imidazole rings is 1. The summed E-state index contributed by atoms with van der Waals surface area (Å²) in [6, 6.07) is 0. The van der Waals surface area contributed by atoms with Crippen molar-refractivity contribution in [3.63, 3.8) is 0 Å². The van der Waals surface area contributed by atoms with Crippen molar-refractivity contribution in [1.29, 1.82) is 0 Å². The molecule has 1 fully saturated rings. The van der Waals surface area contributed by atoms with Gasteiger partial charge < -0.3 is 4.57 Å². The van der Waals surface area contributed by atoms with Crippen LogP contribution < -0.4 is 11.2 Å². The number of aryl methyl sites for hydroxylation is 1. The van der Waals surface area contributed by atoms with Crippen LogP contribution in [-0.4, -0.2) is 39.0 Å². The van der Waals surface area contributed by atoms with Gasteiger partial charge in [-0.3, -0.25) is 18.1 Å². The van der Waals surface area contributed by atoms with E-state index in [1.54, 1.807) is 29.7 Å². The molecule has 0 amide bonds. The summed E-state index contributed by atoms with van der Waals surface area (Å²) >= 11 is 1.67. The van der Waals surface area contributed by atoms with Gasteiger partial charge in [-0.25, -0.2) is 9.78 Å². The number of fused-ring (bicyclic) bond motifs is 1. The maximum Gasteiger partial charge on any atom is 0.332 e. The molecule has 0 aromatic carbocycles. The van der Waals surface area contributed by atoms with Crippen LogP contribution in [0.1, 0.15) is 6.42 Å². The first kappa shape index (κ1) is 14.6. The summed E-state index contributed by atoms with van der Waals surface area (Å²) in [5, 5.41) is 0. The first-order valence-corrected chi connectivity index (χ1v) is 9.03. The molecule has 1 aliphatic heterocycles. The molecule has 3 rings (SSSR count). The van der Waals surface area contributed by atoms with Gasteiger partial charge in [0.05, 0.1) is 10.9 Å². The first-order valence-electron chi connectivity index (χ1n) is 6.60. The standard InChI is InChI=1S/C12H16N4O3S2/c1-14-10-9(11(17)15(2)12(14)18)16(7-13-10)6-8-20-4-3-5-21(8)19/h7-8H,3-6H2,1-2H3/t8-,21?/m1/s1. The van der Waals surface area contributed by atoms with E-state index in [0.717, 1.165) is 16.7 Å². The predicted octanol–water partition coefficient (Wildman–Crippen LogP) is -0.355. The average molecular weight is 328 g/mol. The molecule has 9 heteroatoms. The molecule has 2 atom stereocenters. The van der Waals surface area contributed by atoms with E-state index in [-0.39, 0.29) is 10.1 Å². The topological polar surface area (TPSA) is 78.9 Å². The summed E-state index contributed by atoms with van der Waals surface area (Å²) in [6.07, 6.45) is 2.52. The Labute approximate surface area is 127 Å². The second-order valence-electron chi connectivity index (χ2n) is 5.01. The second kappa shape index (κ2) is 5.45. The zero-order valence-corrected chi connectivity index (χ0v) is 13.4. The van der Waals surface area contributed by atoms with Gasteiger partial charge in [0.15, 0.2) is 11.2 Å². The van der Waals surface area contributed by atoms with Crippen LogP contribution in [0.4, 0.5) is 0 Å². The van der Waals surface area contributed by atoms with Crippen LogP contribution in [0.25, 0.3) is 11.2 Å². The lowest BCUT2D eigenvalue weighted by Crippen LogP contribution is -2.38. The van der Waals surface area contributed by atoms with Gasteiger partial charge in [0.1, 0.15) is 0 Å². The van der Waals surface area contributed by atoms with Gasteiger partial charge in [-0.1, -0.05) is 0 Å². The van der Waals surface area contributed by atoms with E-state index in [0.29, 0.717) is 23.5 Å². The zero-order valence-electron chi connectivity index (χ0n) is 11.8. The van der Waals surface area contributed by atoms with Crippen molar-refractivity contribution < 1.29 is 4.21 Å². The number of nitrogens with zero attached hydrogens (tertiary/aromatic N) is 4. The fourth-order valence-electron chi connectivity index (χ4n) is 2.46. The summed E-state index contributed by atoms with van der Waals surface area (Å²) < 4.78 is 16.2. The molecule has 7 nitrogen and oxygen atoms in total. The summed E-state index contributed by atoms with van der Waals surface area (Å²) in [7, 11) is 2.16. The van der Waals surface area contributed by atoms with Crippen LogP contribution in [-0.2, 0) is 31.4 Å². The molecule has 1 saturated heterocycles. The summed E-state index contributed by atoms with van der Waals surface area (Å²) in [5.74, 6) is 1.69. The minimum Gasteiger partial charge on any atom is -0.323 e. The second-order valence-corrected chi connectivity index (χ2v) is 8.36. The quantitative estimate of drug-likeness (QED) is 0.753. The van der Waals surface area contributed by atoms with Crippen LogP contribution >= 0.6 is 11.8 Å². The molecular formula is C12H16N4O3S2. The number of aromatic nitrogens is 4. The van der Waals surface area contributed by atoms with Gasteiger partial charge in [-0.2, -0.15) is 0 Å². The van der Waals surface area contributed by atoms with Gasteiger partial charge in [0.2, 0.25) is 0 Å². The Hall–Kier alpha value is -1.35. The molecule has 0 N–H and O–H groups in total. The van der Waals surface area contributed by atoms with Crippen LogP contribution in [0.5, 0.6) is 0 Å². The number of thioether (sulfide) groups is 1. The minimum absolute atomic E-state index is 0.0295. The van der Waals surface area contributed by atoms with Crippen molar-refractivity contribution in [1.82, 2.24) is 18.7 Å². The number of hydrogen-bond donors (Lipinski definition) is 0. The van der Waals surface area contributed by atoms with Crippen molar-refractivity contribution in [2.24, 2.45) is 14.1 Å². The number of hydrogen-bond acceptors (Lipinski definition) is 5. The van der Waals surface area contributed by atoms with Crippen LogP contribution in [0.2, 0.25) is 0 Å². The SMILES string of the molecule is Cn1c(=O)c2c(ncn2C[C@@H]2SCCCS2=O)n(C)c1=O. The maximum atomic E-state index is 12.3. The van der Waals surface area contributed by atoms with Crippen LogP contribution in [0, 0.1) is 0 Å². The van der Waals surface area contributed by atoms with E-state index in [2.05, 4.69) is 4.98 Å². The Bertz CT molecular complexity index is 835. The molecule has 0 radical (unpaired) electrons. The van der Waals surface area contributed by atoms with Gasteiger partial charge in [0.25, 0.3) is 5.56 Å². The monoisotopic (exact) mass is 328 g/mol. The highest BCUT2D eigenvalue weighted by Gasteiger charge is 2.24. The van der Waals surface area contributed by atoms with Crippen molar-refractivity contribution in [2.45, 2.75) is 17.5 Å². The fraction of sp³-hybridized carbons (Fsp3) is 0.583. The Balaban J connectivity index is 2.10. The average Bonchev–Trinajstić information content (AvgIpc) is 2.89. The molecule has 21 heavy (non-hydrogen) atoms. The van der Waals surface area contributed by atoms with E-state index in [4.69, 9.17) is 0 Å². The van der Waals surface area contributed by atoms with Gasteiger partial charge >= 0.3 is 5.69 Å². The van der Waals surface area contributed by atoms with Gasteiger partial charge in [0, 0.05) is 37.2 Å². The maximum absolute atomic E-state index is 12.3. The van der Waals surface area contributed by atoms with E-state index < -0.39 is 16.5 Å². The minimum atomic E-state index is -0.890. The Morgan fingerprint density at radius 1 is 1.38 bits per heavy atom. The molecule has 0 saturated carbocycles. The lowest BCUT2D eigenvalue weighted by Gasteiger charge is -2.21. The highest BCUT2D eigenvalue weighted by molar-refractivity contribution is 8.11. The Kier molecular flexibility index (Phi) is 3.78. The molecule has 2 aromatic heterocycles. The molecule has 0 bridgehead atoms. The third kappa shape index (κ3) is 2.38. The predicted molar refractivity (Wildman–Crippen MR) is 84.1 cm³/mol. The van der Waals surface area contributed by atoms with Crippen molar-refractivity contribution in [3.05, 3.63) is 27.2 Å². The highest BCUT2D eigenvalue weighted by Crippen LogP contribution is 2.24. The van der Waals surface area contributed by atoms with Crippen molar-refractivity contribution in [3.8, 4) is 0 Å². The lowest BCUT2D eigenvalue weighted by molar-refractivity contribution is 0.664. The van der Waals surface area contributed by atoms with E-state index in [9.17, 15) is 13.8 Å². The first-order chi connectivity index (χ1) is 10.0. The molecule has 1 aliphatic rings. The van der Waals surface area contributed by atoms with Crippen LogP contribution in [0.15, 0.2) is 15.9 Å². The molecule has 0 aliphatic carbocycles. The van der Waals surface area contributed by atoms with Crippen molar-refractivity contribution in [2.75, 3.05) is 11.5 Å². The molecule has 1 unspecified atom stereocenters. The third-order valence-electron chi connectivity index (χ3n) is 3.65. The largest absolute Gasteiger partial charge is 0.332 e. The van der Waals surface area contributed by atoms with E-state index in [1.165, 1.54) is 11.6 Å². The van der Waals surface area contributed by atoms with E-state index >= 15 is 0 Å². The Morgan fingerprint density at radius 2 is 2.14 bits per heavy atom. The molecular weight excluding hydrogens is 312 g/mol. The van der Waals surface area contributed by atoms with Gasteiger partial charge in [-0.15, -0.1) is 11.8 Å². The van der Waals surface area contributed by atoms with Crippen molar-refractivity contribution >= 4 is 33.7 Å². The smallest absolute Gasteiger partial charge is 0.323 e. The van der Waals surface area contributed by atoms with Gasteiger partial charge in [-0.05, 0) is 12.2 Å². The zero-order chi connectivity index (χ0) is 15.1. The molecule has 114 valence electrons. The summed E-state index contributed by atoms with van der Waals surface area (Å²) in [6.45, 7) is 0.473. The third-order valence-corrected chi connectivity index (χ3v) is 7.17. The van der Waals surface area contributed by atoms with E-state index in [1.807, 2.05) is 0 Å². The molecule has 3 heterocycles. The van der Waals surface area contributed by atoms with Crippen LogP contribution in [0.3, 0.4) is 0 Å². The summed E-state index contributed by atoms with van der Waals surface area (Å²) in [4.78, 5) is 28.4. The summed E-state index contributed by atoms with van der Waals surface area (Å²) in [5.41, 5.74) is 0.00280. The highest BCUT2D eigenvalue weighted by atomic mass is 32.2. The Morgan fingerprint density at radius 3 is 2.86 bits per heavy atom. The number of rotatable bonds is 2. The fourth-order valence-corrected chi connectivity index (χ4v) is 5.68. The normalized spacial score (nSPS) is 22.8. The molecule has 0 spiro atoms. The molecule has 2 aromatic rings.